The van der Waals surface area contributed by atoms with Gasteiger partial charge in [0.15, 0.2) is 0 Å². The summed E-state index contributed by atoms with van der Waals surface area (Å²) in [7, 11) is 1.87. The summed E-state index contributed by atoms with van der Waals surface area (Å²) in [6.45, 7) is 1.04. The van der Waals surface area contributed by atoms with Crippen molar-refractivity contribution in [2.45, 2.75) is 0 Å². The van der Waals surface area contributed by atoms with Crippen LogP contribution in [0.4, 0.5) is 0 Å². The van der Waals surface area contributed by atoms with E-state index in [0.29, 0.717) is 19.2 Å². The molecule has 2 N–H and O–H groups in total. The fourth-order valence-corrected chi connectivity index (χ4v) is 0.641. The Morgan fingerprint density at radius 3 is 3.10 bits per heavy atom. The van der Waals surface area contributed by atoms with Crippen LogP contribution in [0.2, 0.25) is 0 Å². The van der Waals surface area contributed by atoms with Crippen molar-refractivity contribution >= 4 is 0 Å². The van der Waals surface area contributed by atoms with Gasteiger partial charge in [-0.2, -0.15) is 0 Å². The Labute approximate surface area is 59.6 Å². The highest BCUT2D eigenvalue weighted by Gasteiger charge is 1.96. The van der Waals surface area contributed by atoms with E-state index in [0.717, 1.165) is 0 Å². The molecule has 0 saturated heterocycles. The second kappa shape index (κ2) is 3.22. The average Bonchev–Trinajstić information content (AvgIpc) is 2.31. The van der Waals surface area contributed by atoms with Gasteiger partial charge >= 0.3 is 0 Å². The molecule has 0 radical (unpaired) electrons. The molecule has 0 aliphatic heterocycles. The second-order valence-electron chi connectivity index (χ2n) is 1.96. The zero-order valence-corrected chi connectivity index (χ0v) is 5.95. The lowest BCUT2D eigenvalue weighted by atomic mass is 10.7. The SMILES string of the molecule is Cn1ccnc1OCCN. The van der Waals surface area contributed by atoms with Gasteiger partial charge in [-0.3, -0.25) is 0 Å². The minimum absolute atomic E-state index is 0.519. The number of imidazole rings is 1. The van der Waals surface area contributed by atoms with Crippen LogP contribution in [0.15, 0.2) is 12.4 Å². The van der Waals surface area contributed by atoms with Crippen LogP contribution in [0.25, 0.3) is 0 Å². The van der Waals surface area contributed by atoms with Gasteiger partial charge in [-0.1, -0.05) is 0 Å². The standard InChI is InChI=1S/C6H11N3O/c1-9-4-3-8-6(9)10-5-2-7/h3-4H,2,5,7H2,1H3. The van der Waals surface area contributed by atoms with E-state index in [-0.39, 0.29) is 0 Å². The summed E-state index contributed by atoms with van der Waals surface area (Å²) in [6.07, 6.45) is 3.51. The van der Waals surface area contributed by atoms with Crippen LogP contribution in [0.3, 0.4) is 0 Å². The molecule has 1 heterocycles. The zero-order chi connectivity index (χ0) is 7.40. The number of nitrogens with zero attached hydrogens (tertiary/aromatic N) is 2. The molecule has 0 fully saturated rings. The first-order valence-electron chi connectivity index (χ1n) is 3.15. The van der Waals surface area contributed by atoms with Crippen LogP contribution in [0.5, 0.6) is 6.01 Å². The van der Waals surface area contributed by atoms with Crippen LogP contribution in [0.1, 0.15) is 0 Å². The summed E-state index contributed by atoms with van der Waals surface area (Å²) in [6, 6.07) is 0.616. The monoisotopic (exact) mass is 141 g/mol. The third-order valence-corrected chi connectivity index (χ3v) is 1.13. The first kappa shape index (κ1) is 7.08. The first-order chi connectivity index (χ1) is 4.84. The Morgan fingerprint density at radius 1 is 1.80 bits per heavy atom. The Bertz CT molecular complexity index is 197. The molecule has 4 heteroatoms. The number of rotatable bonds is 3. The molecule has 1 aromatic rings. The normalized spacial score (nSPS) is 9.80. The molecule has 4 nitrogen and oxygen atoms in total. The second-order valence-corrected chi connectivity index (χ2v) is 1.96. The molecule has 1 aromatic heterocycles. The highest BCUT2D eigenvalue weighted by atomic mass is 16.5. The van der Waals surface area contributed by atoms with Crippen molar-refractivity contribution in [2.24, 2.45) is 12.8 Å². The molecule has 0 aliphatic carbocycles. The van der Waals surface area contributed by atoms with Crippen molar-refractivity contribution in [1.29, 1.82) is 0 Å². The molecule has 0 amide bonds. The molecule has 0 spiro atoms. The van der Waals surface area contributed by atoms with E-state index < -0.39 is 0 Å². The summed E-state index contributed by atoms with van der Waals surface area (Å²) < 4.78 is 6.95. The average molecular weight is 141 g/mol. The fraction of sp³-hybridized carbons (Fsp3) is 0.500. The maximum Gasteiger partial charge on any atom is 0.295 e. The van der Waals surface area contributed by atoms with Crippen LogP contribution in [-0.4, -0.2) is 22.7 Å². The van der Waals surface area contributed by atoms with Crippen LogP contribution in [0, 0.1) is 0 Å². The van der Waals surface area contributed by atoms with Crippen molar-refractivity contribution in [2.75, 3.05) is 13.2 Å². The molecule has 10 heavy (non-hydrogen) atoms. The minimum atomic E-state index is 0.519. The summed E-state index contributed by atoms with van der Waals surface area (Å²) in [4.78, 5) is 3.94. The number of nitrogens with two attached hydrogens (primary N) is 1. The van der Waals surface area contributed by atoms with Crippen molar-refractivity contribution in [3.63, 3.8) is 0 Å². The Morgan fingerprint density at radius 2 is 2.60 bits per heavy atom. The minimum Gasteiger partial charge on any atom is -0.463 e. The maximum atomic E-state index is 5.23. The molecule has 0 atom stereocenters. The van der Waals surface area contributed by atoms with E-state index in [1.807, 2.05) is 13.2 Å². The van der Waals surface area contributed by atoms with E-state index in [1.54, 1.807) is 10.8 Å². The van der Waals surface area contributed by atoms with Crippen LogP contribution >= 0.6 is 0 Å². The lowest BCUT2D eigenvalue weighted by molar-refractivity contribution is 0.292. The van der Waals surface area contributed by atoms with E-state index in [4.69, 9.17) is 10.5 Å². The van der Waals surface area contributed by atoms with Crippen molar-refractivity contribution in [3.8, 4) is 6.01 Å². The number of aromatic nitrogens is 2. The van der Waals surface area contributed by atoms with Gasteiger partial charge in [-0.15, -0.1) is 0 Å². The molecule has 0 bridgehead atoms. The highest BCUT2D eigenvalue weighted by Crippen LogP contribution is 2.02. The number of aryl methyl sites for hydroxylation is 1. The van der Waals surface area contributed by atoms with Crippen molar-refractivity contribution < 1.29 is 4.74 Å². The lowest BCUT2D eigenvalue weighted by Gasteiger charge is -2.01. The lowest BCUT2D eigenvalue weighted by Crippen LogP contribution is -2.12. The van der Waals surface area contributed by atoms with E-state index in [1.165, 1.54) is 0 Å². The smallest absolute Gasteiger partial charge is 0.295 e. The van der Waals surface area contributed by atoms with Gasteiger partial charge in [-0.05, 0) is 0 Å². The van der Waals surface area contributed by atoms with Crippen LogP contribution in [-0.2, 0) is 7.05 Å². The summed E-state index contributed by atoms with van der Waals surface area (Å²) in [5.41, 5.74) is 5.23. The predicted molar refractivity (Wildman–Crippen MR) is 37.8 cm³/mol. The third kappa shape index (κ3) is 1.48. The zero-order valence-electron chi connectivity index (χ0n) is 5.95. The maximum absolute atomic E-state index is 5.23. The predicted octanol–water partition coefficient (Wildman–Crippen LogP) is -0.242. The van der Waals surface area contributed by atoms with Gasteiger partial charge in [0.1, 0.15) is 6.61 Å². The third-order valence-electron chi connectivity index (χ3n) is 1.13. The first-order valence-corrected chi connectivity index (χ1v) is 3.15. The van der Waals surface area contributed by atoms with Gasteiger partial charge in [0.05, 0.1) is 0 Å². The number of ether oxygens (including phenoxy) is 1. The number of hydrogen-bond acceptors (Lipinski definition) is 3. The van der Waals surface area contributed by atoms with Crippen LogP contribution < -0.4 is 10.5 Å². The van der Waals surface area contributed by atoms with Gasteiger partial charge in [0.2, 0.25) is 0 Å². The summed E-state index contributed by atoms with van der Waals surface area (Å²) in [5.74, 6) is 0. The molecule has 0 unspecified atom stereocenters. The summed E-state index contributed by atoms with van der Waals surface area (Å²) in [5, 5.41) is 0. The van der Waals surface area contributed by atoms with Gasteiger partial charge < -0.3 is 15.0 Å². The van der Waals surface area contributed by atoms with E-state index >= 15 is 0 Å². The molecule has 1 rings (SSSR count). The Kier molecular flexibility index (Phi) is 2.28. The fourth-order valence-electron chi connectivity index (χ4n) is 0.641. The largest absolute Gasteiger partial charge is 0.463 e. The molecule has 0 aromatic carbocycles. The number of hydrogen-bond donors (Lipinski definition) is 1. The topological polar surface area (TPSA) is 53.1 Å². The Hall–Kier alpha value is -1.03. The van der Waals surface area contributed by atoms with E-state index in [2.05, 4.69) is 4.98 Å². The quantitative estimate of drug-likeness (QED) is 0.632. The van der Waals surface area contributed by atoms with Gasteiger partial charge in [0.25, 0.3) is 6.01 Å². The van der Waals surface area contributed by atoms with Crippen molar-refractivity contribution in [3.05, 3.63) is 12.4 Å². The molecular weight excluding hydrogens is 130 g/mol. The van der Waals surface area contributed by atoms with Gasteiger partial charge in [-0.25, -0.2) is 4.98 Å². The molecule has 0 aliphatic rings. The molecule has 56 valence electrons. The summed E-state index contributed by atoms with van der Waals surface area (Å²) >= 11 is 0. The van der Waals surface area contributed by atoms with Gasteiger partial charge in [0, 0.05) is 26.0 Å². The Balaban J connectivity index is 2.49. The van der Waals surface area contributed by atoms with E-state index in [9.17, 15) is 0 Å². The molecule has 0 saturated carbocycles. The molecular formula is C6H11N3O. The van der Waals surface area contributed by atoms with Crippen molar-refractivity contribution in [1.82, 2.24) is 9.55 Å². The highest BCUT2D eigenvalue weighted by molar-refractivity contribution is 4.96.